The summed E-state index contributed by atoms with van der Waals surface area (Å²) in [6.45, 7) is 2.08. The fourth-order valence-electron chi connectivity index (χ4n) is 0.470. The van der Waals surface area contributed by atoms with Crippen molar-refractivity contribution >= 4 is 0 Å². The van der Waals surface area contributed by atoms with Gasteiger partial charge in [-0.1, -0.05) is 6.92 Å². The second-order valence-electron chi connectivity index (χ2n) is 1.46. The molecule has 0 aliphatic heterocycles. The Balaban J connectivity index is 0.000000360. The van der Waals surface area contributed by atoms with Gasteiger partial charge in [0.1, 0.15) is 0 Å². The van der Waals surface area contributed by atoms with E-state index in [-0.39, 0.29) is 17.4 Å². The molecular formula is C6H7Cr-. The maximum Gasteiger partial charge on any atom is 0 e. The summed E-state index contributed by atoms with van der Waals surface area (Å²) in [5, 5.41) is 0. The summed E-state index contributed by atoms with van der Waals surface area (Å²) in [4.78, 5) is 0. The zero-order chi connectivity index (χ0) is 4.41. The van der Waals surface area contributed by atoms with E-state index in [1.807, 2.05) is 12.1 Å². The molecule has 0 nitrogen and oxygen atoms in total. The molecule has 7 heavy (non-hydrogen) atoms. The quantitative estimate of drug-likeness (QED) is 0.470. The maximum absolute atomic E-state index is 2.08. The van der Waals surface area contributed by atoms with Gasteiger partial charge in [-0.3, -0.25) is 0 Å². The Morgan fingerprint density at radius 2 is 1.57 bits per heavy atom. The van der Waals surface area contributed by atoms with Gasteiger partial charge < -0.3 is 0 Å². The molecule has 0 atom stereocenters. The molecule has 0 saturated heterocycles. The van der Waals surface area contributed by atoms with Crippen molar-refractivity contribution in [2.75, 3.05) is 0 Å². The van der Waals surface area contributed by atoms with Crippen LogP contribution in [0.4, 0.5) is 0 Å². The molecule has 0 aromatic heterocycles. The van der Waals surface area contributed by atoms with Gasteiger partial charge >= 0.3 is 0 Å². The van der Waals surface area contributed by atoms with Crippen molar-refractivity contribution in [2.24, 2.45) is 0 Å². The van der Waals surface area contributed by atoms with Gasteiger partial charge in [-0.05, 0) is 0 Å². The third kappa shape index (κ3) is 1.87. The van der Waals surface area contributed by atoms with Crippen molar-refractivity contribution in [3.63, 3.8) is 0 Å². The van der Waals surface area contributed by atoms with Crippen LogP contribution in [-0.2, 0) is 17.4 Å². The molecule has 0 spiro atoms. The molecule has 0 bridgehead atoms. The molecule has 0 aliphatic carbocycles. The Kier molecular flexibility index (Phi) is 2.91. The minimum Gasteiger partial charge on any atom is -0.213 e. The minimum absolute atomic E-state index is 0. The average molecular weight is 131 g/mol. The average Bonchev–Trinajstić information content (AvgIpc) is 1.86. The Bertz CT molecular complexity index is 108. The van der Waals surface area contributed by atoms with Crippen LogP contribution in [0, 0.1) is 6.92 Å². The van der Waals surface area contributed by atoms with Gasteiger partial charge in [-0.15, -0.1) is 0 Å². The summed E-state index contributed by atoms with van der Waals surface area (Å²) in [6, 6.07) is 8.24. The van der Waals surface area contributed by atoms with E-state index in [0.29, 0.717) is 0 Å². The van der Waals surface area contributed by atoms with Gasteiger partial charge in [-0.25, -0.2) is 12.1 Å². The molecule has 0 saturated carbocycles. The second-order valence-corrected chi connectivity index (χ2v) is 1.46. The predicted octanol–water partition coefficient (Wildman–Crippen LogP) is 1.71. The number of hydrogen-bond donors (Lipinski definition) is 0. The third-order valence-corrected chi connectivity index (χ3v) is 0.829. The molecule has 0 heterocycles. The monoisotopic (exact) mass is 131 g/mol. The molecule has 0 N–H and O–H groups in total. The van der Waals surface area contributed by atoms with Gasteiger partial charge in [0.05, 0.1) is 0 Å². The van der Waals surface area contributed by atoms with E-state index in [4.69, 9.17) is 0 Å². The molecule has 0 radical (unpaired) electrons. The van der Waals surface area contributed by atoms with Crippen LogP contribution >= 0.6 is 0 Å². The van der Waals surface area contributed by atoms with Crippen molar-refractivity contribution < 1.29 is 17.4 Å². The molecule has 0 fully saturated rings. The number of aryl methyl sites for hydroxylation is 1. The van der Waals surface area contributed by atoms with Gasteiger partial charge in [0.25, 0.3) is 0 Å². The Labute approximate surface area is 54.7 Å². The van der Waals surface area contributed by atoms with Crippen LogP contribution in [0.15, 0.2) is 24.3 Å². The summed E-state index contributed by atoms with van der Waals surface area (Å²) in [6.07, 6.45) is 0. The van der Waals surface area contributed by atoms with E-state index in [2.05, 4.69) is 19.1 Å². The van der Waals surface area contributed by atoms with Crippen molar-refractivity contribution in [3.8, 4) is 0 Å². The van der Waals surface area contributed by atoms with Crippen LogP contribution in [0.2, 0.25) is 0 Å². The van der Waals surface area contributed by atoms with E-state index >= 15 is 0 Å². The van der Waals surface area contributed by atoms with E-state index in [0.717, 1.165) is 0 Å². The Morgan fingerprint density at radius 1 is 1.14 bits per heavy atom. The molecule has 1 aromatic rings. The third-order valence-electron chi connectivity index (χ3n) is 0.829. The van der Waals surface area contributed by atoms with E-state index in [1.165, 1.54) is 5.56 Å². The molecule has 0 amide bonds. The molecule has 0 unspecified atom stereocenters. The second kappa shape index (κ2) is 2.96. The number of rotatable bonds is 0. The zero-order valence-electron chi connectivity index (χ0n) is 4.22. The Hall–Kier alpha value is -0.118. The fourth-order valence-corrected chi connectivity index (χ4v) is 0.470. The van der Waals surface area contributed by atoms with Crippen molar-refractivity contribution in [2.45, 2.75) is 6.92 Å². The van der Waals surface area contributed by atoms with E-state index < -0.39 is 0 Å². The van der Waals surface area contributed by atoms with Crippen molar-refractivity contribution in [3.05, 3.63) is 29.8 Å². The van der Waals surface area contributed by atoms with Crippen LogP contribution in [-0.4, -0.2) is 0 Å². The molecular weight excluding hydrogens is 124 g/mol. The van der Waals surface area contributed by atoms with Crippen molar-refractivity contribution in [1.82, 2.24) is 0 Å². The molecule has 38 valence electrons. The van der Waals surface area contributed by atoms with Gasteiger partial charge in [-0.2, -0.15) is 17.7 Å². The largest absolute Gasteiger partial charge is 0.213 e. The van der Waals surface area contributed by atoms with Crippen LogP contribution < -0.4 is 0 Å². The van der Waals surface area contributed by atoms with E-state index in [1.54, 1.807) is 0 Å². The van der Waals surface area contributed by atoms with Gasteiger partial charge in [0.15, 0.2) is 0 Å². The molecule has 1 rings (SSSR count). The van der Waals surface area contributed by atoms with Crippen LogP contribution in [0.1, 0.15) is 5.56 Å². The zero-order valence-corrected chi connectivity index (χ0v) is 5.49. The molecule has 0 aliphatic rings. The minimum atomic E-state index is 0. The first-order valence-electron chi connectivity index (χ1n) is 2.08. The number of hydrogen-bond acceptors (Lipinski definition) is 0. The van der Waals surface area contributed by atoms with Crippen LogP contribution in [0.3, 0.4) is 0 Å². The van der Waals surface area contributed by atoms with Gasteiger partial charge in [0, 0.05) is 17.4 Å². The first-order valence-corrected chi connectivity index (χ1v) is 2.08. The SMILES string of the molecule is C[c-]1cccc1.[Cr]. The van der Waals surface area contributed by atoms with E-state index in [9.17, 15) is 0 Å². The summed E-state index contributed by atoms with van der Waals surface area (Å²) in [5.41, 5.74) is 1.34. The summed E-state index contributed by atoms with van der Waals surface area (Å²) in [5.74, 6) is 0. The maximum atomic E-state index is 2.08. The summed E-state index contributed by atoms with van der Waals surface area (Å²) >= 11 is 0. The van der Waals surface area contributed by atoms with Gasteiger partial charge in [0.2, 0.25) is 0 Å². The first-order chi connectivity index (χ1) is 2.89. The summed E-state index contributed by atoms with van der Waals surface area (Å²) in [7, 11) is 0. The summed E-state index contributed by atoms with van der Waals surface area (Å²) < 4.78 is 0. The normalized spacial score (nSPS) is 7.57. The van der Waals surface area contributed by atoms with Crippen LogP contribution in [0.5, 0.6) is 0 Å². The van der Waals surface area contributed by atoms with Crippen molar-refractivity contribution in [1.29, 1.82) is 0 Å². The van der Waals surface area contributed by atoms with Crippen LogP contribution in [0.25, 0.3) is 0 Å². The molecule has 1 heteroatoms. The molecule has 1 aromatic carbocycles. The Morgan fingerprint density at radius 3 is 1.71 bits per heavy atom. The first kappa shape index (κ1) is 6.88. The standard InChI is InChI=1S/C6H7.Cr/c1-6-4-2-3-5-6;/h2-5H,1H3;/q-1;. The smallest absolute Gasteiger partial charge is 0 e. The fraction of sp³-hybridized carbons (Fsp3) is 0.167. The topological polar surface area (TPSA) is 0 Å². The predicted molar refractivity (Wildman–Crippen MR) is 26.8 cm³/mol.